The van der Waals surface area contributed by atoms with Gasteiger partial charge in [0.1, 0.15) is 23.0 Å². The number of anilines is 2. The zero-order valence-corrected chi connectivity index (χ0v) is 16.9. The number of carbonyl (C=O) groups excluding carboxylic acids is 2. The van der Waals surface area contributed by atoms with E-state index in [4.69, 9.17) is 18.9 Å². The van der Waals surface area contributed by atoms with Crippen molar-refractivity contribution < 1.29 is 28.5 Å². The number of benzene rings is 2. The van der Waals surface area contributed by atoms with Crippen molar-refractivity contribution in [2.45, 2.75) is 6.42 Å². The second kappa shape index (κ2) is 8.72. The summed E-state index contributed by atoms with van der Waals surface area (Å²) in [5.41, 5.74) is 1.09. The third-order valence-electron chi connectivity index (χ3n) is 4.84. The Balaban J connectivity index is 1.78. The van der Waals surface area contributed by atoms with Gasteiger partial charge in [-0.15, -0.1) is 0 Å². The van der Waals surface area contributed by atoms with E-state index in [1.807, 2.05) is 0 Å². The Hall–Kier alpha value is -3.42. The third kappa shape index (κ3) is 4.21. The average Bonchev–Trinajstić information content (AvgIpc) is 3.14. The van der Waals surface area contributed by atoms with Gasteiger partial charge in [-0.2, -0.15) is 0 Å². The minimum Gasteiger partial charge on any atom is -0.497 e. The molecule has 0 radical (unpaired) electrons. The Morgan fingerprint density at radius 1 is 0.931 bits per heavy atom. The van der Waals surface area contributed by atoms with Crippen LogP contribution in [0.4, 0.5) is 11.4 Å². The molecular weight excluding hydrogens is 376 g/mol. The zero-order valence-electron chi connectivity index (χ0n) is 16.9. The van der Waals surface area contributed by atoms with Crippen LogP contribution < -0.4 is 29.2 Å². The molecule has 1 aliphatic heterocycles. The topological polar surface area (TPSA) is 86.3 Å². The Morgan fingerprint density at radius 2 is 1.59 bits per heavy atom. The molecule has 2 aromatic carbocycles. The number of rotatable bonds is 7. The van der Waals surface area contributed by atoms with Crippen LogP contribution in [0, 0.1) is 5.92 Å². The molecule has 0 aromatic heterocycles. The largest absolute Gasteiger partial charge is 0.497 e. The van der Waals surface area contributed by atoms with Gasteiger partial charge in [0.15, 0.2) is 0 Å². The lowest BCUT2D eigenvalue weighted by Crippen LogP contribution is -2.28. The molecular formula is C21H24N2O6. The van der Waals surface area contributed by atoms with E-state index in [-0.39, 0.29) is 24.8 Å². The molecule has 1 aliphatic rings. The lowest BCUT2D eigenvalue weighted by atomic mass is 10.1. The molecule has 0 spiro atoms. The summed E-state index contributed by atoms with van der Waals surface area (Å²) in [6.45, 7) is 0.250. The summed E-state index contributed by atoms with van der Waals surface area (Å²) in [7, 11) is 6.15. The van der Waals surface area contributed by atoms with E-state index in [1.165, 1.54) is 14.2 Å². The maximum absolute atomic E-state index is 12.8. The van der Waals surface area contributed by atoms with Gasteiger partial charge >= 0.3 is 0 Å². The smallest absolute Gasteiger partial charge is 0.229 e. The van der Waals surface area contributed by atoms with Gasteiger partial charge in [-0.25, -0.2) is 0 Å². The van der Waals surface area contributed by atoms with Crippen molar-refractivity contribution in [1.82, 2.24) is 0 Å². The standard InChI is InChI=1S/C21H24N2O6/c1-26-14-6-8-18(28-3)16(10-14)22-21(25)13-9-20(24)23(12-13)17-7-5-15(27-2)11-19(17)29-4/h5-8,10-11,13H,9,12H2,1-4H3,(H,22,25)/t13-/m0/s1. The Kier molecular flexibility index (Phi) is 6.11. The molecule has 1 saturated heterocycles. The first-order valence-corrected chi connectivity index (χ1v) is 9.06. The van der Waals surface area contributed by atoms with E-state index in [2.05, 4.69) is 5.32 Å². The molecule has 1 atom stereocenters. The Labute approximate surface area is 169 Å². The molecule has 1 N–H and O–H groups in total. The predicted octanol–water partition coefficient (Wildman–Crippen LogP) is 2.71. The van der Waals surface area contributed by atoms with Crippen molar-refractivity contribution in [3.8, 4) is 23.0 Å². The molecule has 3 rings (SSSR count). The van der Waals surface area contributed by atoms with Crippen molar-refractivity contribution in [1.29, 1.82) is 0 Å². The van der Waals surface area contributed by atoms with E-state index in [0.717, 1.165) is 0 Å². The van der Waals surface area contributed by atoms with Crippen molar-refractivity contribution in [2.75, 3.05) is 45.2 Å². The van der Waals surface area contributed by atoms with Gasteiger partial charge in [0.05, 0.1) is 45.7 Å². The lowest BCUT2D eigenvalue weighted by Gasteiger charge is -2.20. The molecule has 0 bridgehead atoms. The van der Waals surface area contributed by atoms with Crippen molar-refractivity contribution in [3.05, 3.63) is 36.4 Å². The molecule has 1 fully saturated rings. The lowest BCUT2D eigenvalue weighted by molar-refractivity contribution is -0.122. The summed E-state index contributed by atoms with van der Waals surface area (Å²) in [4.78, 5) is 27.0. The van der Waals surface area contributed by atoms with Crippen LogP contribution in [0.25, 0.3) is 0 Å². The van der Waals surface area contributed by atoms with Gasteiger partial charge in [-0.3, -0.25) is 9.59 Å². The molecule has 2 amide bonds. The maximum atomic E-state index is 12.8. The van der Waals surface area contributed by atoms with Gasteiger partial charge in [0.2, 0.25) is 11.8 Å². The Bertz CT molecular complexity index is 914. The normalized spacial score (nSPS) is 15.8. The van der Waals surface area contributed by atoms with E-state index in [9.17, 15) is 9.59 Å². The molecule has 1 heterocycles. The quantitative estimate of drug-likeness (QED) is 0.769. The molecule has 0 unspecified atom stereocenters. The number of amides is 2. The number of hydrogen-bond acceptors (Lipinski definition) is 6. The first-order chi connectivity index (χ1) is 14.0. The number of nitrogens with one attached hydrogen (secondary N) is 1. The summed E-state index contributed by atoms with van der Waals surface area (Å²) >= 11 is 0. The Morgan fingerprint density at radius 3 is 2.24 bits per heavy atom. The van der Waals surface area contributed by atoms with Crippen LogP contribution in [0.3, 0.4) is 0 Å². The molecule has 8 nitrogen and oxygen atoms in total. The highest BCUT2D eigenvalue weighted by molar-refractivity contribution is 6.04. The first-order valence-electron chi connectivity index (χ1n) is 9.06. The highest BCUT2D eigenvalue weighted by Crippen LogP contribution is 2.36. The van der Waals surface area contributed by atoms with E-state index in [1.54, 1.807) is 55.5 Å². The SMILES string of the molecule is COc1ccc(OC)c(NC(=O)[C@H]2CC(=O)N(c3ccc(OC)cc3OC)C2)c1. The third-order valence-corrected chi connectivity index (χ3v) is 4.84. The van der Waals surface area contributed by atoms with Crippen LogP contribution >= 0.6 is 0 Å². The summed E-state index contributed by atoms with van der Waals surface area (Å²) in [5, 5.41) is 2.84. The molecule has 2 aromatic rings. The molecule has 8 heteroatoms. The summed E-state index contributed by atoms with van der Waals surface area (Å²) < 4.78 is 21.1. The van der Waals surface area contributed by atoms with Crippen molar-refractivity contribution in [2.24, 2.45) is 5.92 Å². The van der Waals surface area contributed by atoms with Crippen LogP contribution in [0.5, 0.6) is 23.0 Å². The number of methoxy groups -OCH3 is 4. The van der Waals surface area contributed by atoms with Gasteiger partial charge in [0.25, 0.3) is 0 Å². The van der Waals surface area contributed by atoms with Crippen LogP contribution in [-0.2, 0) is 9.59 Å². The molecule has 0 saturated carbocycles. The number of carbonyl (C=O) groups is 2. The second-order valence-electron chi connectivity index (χ2n) is 6.50. The van der Waals surface area contributed by atoms with Gasteiger partial charge in [0, 0.05) is 25.1 Å². The molecule has 154 valence electrons. The second-order valence-corrected chi connectivity index (χ2v) is 6.50. The fourth-order valence-electron chi connectivity index (χ4n) is 3.27. The average molecular weight is 400 g/mol. The van der Waals surface area contributed by atoms with Crippen LogP contribution in [0.1, 0.15) is 6.42 Å². The van der Waals surface area contributed by atoms with E-state index >= 15 is 0 Å². The summed E-state index contributed by atoms with van der Waals surface area (Å²) in [6, 6.07) is 10.3. The van der Waals surface area contributed by atoms with E-state index < -0.39 is 5.92 Å². The highest BCUT2D eigenvalue weighted by atomic mass is 16.5. The van der Waals surface area contributed by atoms with Gasteiger partial charge in [-0.05, 0) is 24.3 Å². The number of nitrogens with zero attached hydrogens (tertiary/aromatic N) is 1. The van der Waals surface area contributed by atoms with Crippen molar-refractivity contribution in [3.63, 3.8) is 0 Å². The molecule has 0 aliphatic carbocycles. The fourth-order valence-corrected chi connectivity index (χ4v) is 3.27. The minimum absolute atomic E-state index is 0.104. The van der Waals surface area contributed by atoms with Crippen molar-refractivity contribution >= 4 is 23.2 Å². The first kappa shape index (κ1) is 20.3. The zero-order chi connectivity index (χ0) is 21.0. The molecule has 29 heavy (non-hydrogen) atoms. The van der Waals surface area contributed by atoms with E-state index in [0.29, 0.717) is 34.4 Å². The number of hydrogen-bond donors (Lipinski definition) is 1. The minimum atomic E-state index is -0.509. The summed E-state index contributed by atoms with van der Waals surface area (Å²) in [5.74, 6) is 1.31. The van der Waals surface area contributed by atoms with Crippen LogP contribution in [0.15, 0.2) is 36.4 Å². The van der Waals surface area contributed by atoms with Gasteiger partial charge < -0.3 is 29.2 Å². The predicted molar refractivity (Wildman–Crippen MR) is 108 cm³/mol. The van der Waals surface area contributed by atoms with Crippen LogP contribution in [-0.4, -0.2) is 46.8 Å². The maximum Gasteiger partial charge on any atom is 0.229 e. The monoisotopic (exact) mass is 400 g/mol. The van der Waals surface area contributed by atoms with Crippen LogP contribution in [0.2, 0.25) is 0 Å². The highest BCUT2D eigenvalue weighted by Gasteiger charge is 2.36. The van der Waals surface area contributed by atoms with Gasteiger partial charge in [-0.1, -0.05) is 0 Å². The summed E-state index contributed by atoms with van der Waals surface area (Å²) in [6.07, 6.45) is 0.104. The number of ether oxygens (including phenoxy) is 4. The fraction of sp³-hybridized carbons (Fsp3) is 0.333.